The second-order valence-electron chi connectivity index (χ2n) is 4.41. The fourth-order valence-corrected chi connectivity index (χ4v) is 2.75. The molecule has 3 nitrogen and oxygen atoms in total. The third-order valence-electron chi connectivity index (χ3n) is 3.07. The average molecular weight is 311 g/mol. The molecule has 0 amide bonds. The Balaban J connectivity index is 2.06. The van der Waals surface area contributed by atoms with Crippen LogP contribution in [0.2, 0.25) is 5.02 Å². The van der Waals surface area contributed by atoms with Crippen molar-refractivity contribution in [1.29, 1.82) is 0 Å². The summed E-state index contributed by atoms with van der Waals surface area (Å²) in [4.78, 5) is 16.5. The van der Waals surface area contributed by atoms with E-state index >= 15 is 0 Å². The SMILES string of the molecule is O=c1[nH]c2ccc(C(Cl)c3ccc(F)cc3Cl)cc2[nH]1. The highest BCUT2D eigenvalue weighted by Gasteiger charge is 2.15. The van der Waals surface area contributed by atoms with Gasteiger partial charge in [0.05, 0.1) is 16.4 Å². The van der Waals surface area contributed by atoms with Crippen molar-refractivity contribution in [1.82, 2.24) is 9.97 Å². The van der Waals surface area contributed by atoms with Crippen LogP contribution in [0.4, 0.5) is 4.39 Å². The molecule has 20 heavy (non-hydrogen) atoms. The average Bonchev–Trinajstić information content (AvgIpc) is 2.77. The minimum absolute atomic E-state index is 0.271. The number of hydrogen-bond donors (Lipinski definition) is 2. The van der Waals surface area contributed by atoms with E-state index in [2.05, 4.69) is 9.97 Å². The predicted octanol–water partition coefficient (Wildman–Crippen LogP) is 3.98. The van der Waals surface area contributed by atoms with Crippen molar-refractivity contribution < 1.29 is 4.39 Å². The highest BCUT2D eigenvalue weighted by molar-refractivity contribution is 6.33. The normalized spacial score (nSPS) is 12.8. The lowest BCUT2D eigenvalue weighted by Gasteiger charge is -2.12. The fourth-order valence-electron chi connectivity index (χ4n) is 2.09. The molecule has 0 aliphatic rings. The molecular weight excluding hydrogens is 302 g/mol. The highest BCUT2D eigenvalue weighted by Crippen LogP contribution is 2.34. The van der Waals surface area contributed by atoms with Crippen LogP contribution < -0.4 is 5.69 Å². The number of rotatable bonds is 2. The van der Waals surface area contributed by atoms with Crippen molar-refractivity contribution in [2.75, 3.05) is 0 Å². The molecule has 0 aliphatic heterocycles. The van der Waals surface area contributed by atoms with Crippen LogP contribution in [0.1, 0.15) is 16.5 Å². The first-order chi connectivity index (χ1) is 9.54. The number of alkyl halides is 1. The fraction of sp³-hybridized carbons (Fsp3) is 0.0714. The molecule has 6 heteroatoms. The van der Waals surface area contributed by atoms with Crippen LogP contribution in [0.5, 0.6) is 0 Å². The van der Waals surface area contributed by atoms with Gasteiger partial charge in [-0.05, 0) is 35.4 Å². The molecule has 0 spiro atoms. The van der Waals surface area contributed by atoms with Crippen LogP contribution in [-0.2, 0) is 0 Å². The molecule has 0 radical (unpaired) electrons. The Morgan fingerprint density at radius 1 is 1.05 bits per heavy atom. The second kappa shape index (κ2) is 4.96. The van der Waals surface area contributed by atoms with Gasteiger partial charge < -0.3 is 9.97 Å². The largest absolute Gasteiger partial charge is 0.323 e. The van der Waals surface area contributed by atoms with Crippen LogP contribution in [0.25, 0.3) is 11.0 Å². The summed E-state index contributed by atoms with van der Waals surface area (Å²) in [6, 6.07) is 9.42. The Hall–Kier alpha value is -1.78. The molecule has 1 atom stereocenters. The number of imidazole rings is 1. The van der Waals surface area contributed by atoms with Crippen molar-refractivity contribution in [2.24, 2.45) is 0 Å². The van der Waals surface area contributed by atoms with Gasteiger partial charge in [0.25, 0.3) is 0 Å². The van der Waals surface area contributed by atoms with E-state index in [1.807, 2.05) is 0 Å². The van der Waals surface area contributed by atoms with Gasteiger partial charge in [-0.3, -0.25) is 0 Å². The molecule has 102 valence electrons. The Morgan fingerprint density at radius 3 is 2.55 bits per heavy atom. The van der Waals surface area contributed by atoms with Crippen molar-refractivity contribution in [2.45, 2.75) is 5.38 Å². The number of nitrogens with one attached hydrogen (secondary N) is 2. The summed E-state index contributed by atoms with van der Waals surface area (Å²) in [6.07, 6.45) is 0. The highest BCUT2D eigenvalue weighted by atomic mass is 35.5. The van der Waals surface area contributed by atoms with E-state index in [1.165, 1.54) is 12.1 Å². The molecule has 0 bridgehead atoms. The molecular formula is C14H9Cl2FN2O. The summed E-state index contributed by atoms with van der Waals surface area (Å²) in [5.74, 6) is -0.409. The van der Waals surface area contributed by atoms with Crippen molar-refractivity contribution in [3.63, 3.8) is 0 Å². The standard InChI is InChI=1S/C14H9Cl2FN2O/c15-10-6-8(17)2-3-9(10)13(16)7-1-4-11-12(5-7)19-14(20)18-11/h1-6,13H,(H2,18,19,20). The van der Waals surface area contributed by atoms with E-state index in [0.717, 1.165) is 5.56 Å². The number of halogens is 3. The van der Waals surface area contributed by atoms with Crippen molar-refractivity contribution in [3.05, 3.63) is 68.8 Å². The molecule has 0 saturated heterocycles. The van der Waals surface area contributed by atoms with Gasteiger partial charge in [-0.2, -0.15) is 0 Å². The summed E-state index contributed by atoms with van der Waals surface area (Å²) in [7, 11) is 0. The van der Waals surface area contributed by atoms with E-state index in [-0.39, 0.29) is 10.7 Å². The zero-order chi connectivity index (χ0) is 14.3. The zero-order valence-corrected chi connectivity index (χ0v) is 11.6. The molecule has 3 rings (SSSR count). The van der Waals surface area contributed by atoms with Gasteiger partial charge in [0.2, 0.25) is 0 Å². The van der Waals surface area contributed by atoms with Crippen LogP contribution in [0, 0.1) is 5.82 Å². The lowest BCUT2D eigenvalue weighted by atomic mass is 10.0. The van der Waals surface area contributed by atoms with Crippen molar-refractivity contribution >= 4 is 34.2 Å². The third kappa shape index (κ3) is 2.32. The summed E-state index contributed by atoms with van der Waals surface area (Å²) in [6.45, 7) is 0. The molecule has 0 aliphatic carbocycles. The number of H-pyrrole nitrogens is 2. The van der Waals surface area contributed by atoms with Crippen LogP contribution in [0.3, 0.4) is 0 Å². The molecule has 1 heterocycles. The minimum Gasteiger partial charge on any atom is -0.306 e. The summed E-state index contributed by atoms with van der Waals surface area (Å²) in [5.41, 5.74) is 2.47. The minimum atomic E-state index is -0.522. The monoisotopic (exact) mass is 310 g/mol. The quantitative estimate of drug-likeness (QED) is 0.691. The number of hydrogen-bond acceptors (Lipinski definition) is 1. The van der Waals surface area contributed by atoms with Gasteiger partial charge in [-0.1, -0.05) is 23.7 Å². The number of aromatic amines is 2. The second-order valence-corrected chi connectivity index (χ2v) is 5.26. The topological polar surface area (TPSA) is 48.6 Å². The number of aromatic nitrogens is 2. The van der Waals surface area contributed by atoms with Crippen LogP contribution in [0.15, 0.2) is 41.2 Å². The summed E-state index contributed by atoms with van der Waals surface area (Å²) >= 11 is 12.4. The van der Waals surface area contributed by atoms with Gasteiger partial charge in [-0.15, -0.1) is 11.6 Å². The Labute approximate surface area is 123 Å². The van der Waals surface area contributed by atoms with Gasteiger partial charge >= 0.3 is 5.69 Å². The van der Waals surface area contributed by atoms with E-state index < -0.39 is 11.2 Å². The Morgan fingerprint density at radius 2 is 1.80 bits per heavy atom. The first-order valence-corrected chi connectivity index (χ1v) is 6.67. The predicted molar refractivity (Wildman–Crippen MR) is 78.0 cm³/mol. The molecule has 2 aromatic carbocycles. The summed E-state index contributed by atoms with van der Waals surface area (Å²) < 4.78 is 13.1. The summed E-state index contributed by atoms with van der Waals surface area (Å²) in [5, 5.41) is -0.251. The molecule has 0 fully saturated rings. The molecule has 1 unspecified atom stereocenters. The Bertz CT molecular complexity index is 841. The first-order valence-electron chi connectivity index (χ1n) is 5.85. The number of fused-ring (bicyclic) bond motifs is 1. The third-order valence-corrected chi connectivity index (χ3v) is 3.88. The maximum atomic E-state index is 13.1. The Kier molecular flexibility index (Phi) is 3.28. The van der Waals surface area contributed by atoms with Gasteiger partial charge in [0, 0.05) is 5.02 Å². The lowest BCUT2D eigenvalue weighted by Crippen LogP contribution is -1.99. The number of benzene rings is 2. The molecule has 0 saturated carbocycles. The van der Waals surface area contributed by atoms with Crippen molar-refractivity contribution in [3.8, 4) is 0 Å². The van der Waals surface area contributed by atoms with Crippen LogP contribution in [-0.4, -0.2) is 9.97 Å². The lowest BCUT2D eigenvalue weighted by molar-refractivity contribution is 0.627. The van der Waals surface area contributed by atoms with E-state index in [1.54, 1.807) is 24.3 Å². The maximum absolute atomic E-state index is 13.1. The molecule has 3 aromatic rings. The first kappa shape index (κ1) is 13.2. The van der Waals surface area contributed by atoms with Crippen LogP contribution >= 0.6 is 23.2 Å². The maximum Gasteiger partial charge on any atom is 0.323 e. The van der Waals surface area contributed by atoms with Gasteiger partial charge in [-0.25, -0.2) is 9.18 Å². The smallest absolute Gasteiger partial charge is 0.306 e. The van der Waals surface area contributed by atoms with E-state index in [9.17, 15) is 9.18 Å². The van der Waals surface area contributed by atoms with E-state index in [4.69, 9.17) is 23.2 Å². The molecule has 1 aromatic heterocycles. The van der Waals surface area contributed by atoms with Gasteiger partial charge in [0.15, 0.2) is 0 Å². The molecule has 2 N–H and O–H groups in total. The van der Waals surface area contributed by atoms with E-state index in [0.29, 0.717) is 16.6 Å². The zero-order valence-electron chi connectivity index (χ0n) is 10.1. The van der Waals surface area contributed by atoms with Gasteiger partial charge in [0.1, 0.15) is 5.82 Å².